The van der Waals surface area contributed by atoms with Crippen LogP contribution in [0, 0.1) is 36.0 Å². The third-order valence-electron chi connectivity index (χ3n) is 5.94. The van der Waals surface area contributed by atoms with Crippen LogP contribution in [0.2, 0.25) is 0 Å². The van der Waals surface area contributed by atoms with Crippen molar-refractivity contribution in [2.45, 2.75) is 31.9 Å². The molecule has 0 radical (unpaired) electrons. The zero-order valence-electron chi connectivity index (χ0n) is 17.6. The Morgan fingerprint density at radius 1 is 1.00 bits per heavy atom. The zero-order chi connectivity index (χ0) is 23.9. The summed E-state index contributed by atoms with van der Waals surface area (Å²) in [5.74, 6) is -10.3. The third-order valence-corrected chi connectivity index (χ3v) is 6.30. The van der Waals surface area contributed by atoms with Crippen LogP contribution in [0.15, 0.2) is 24.3 Å². The maximum Gasteiger partial charge on any atom is 0.410 e. The summed E-state index contributed by atoms with van der Waals surface area (Å²) in [4.78, 5) is 15.6. The molecule has 2 aliphatic heterocycles. The lowest BCUT2D eigenvalue weighted by Crippen LogP contribution is -2.49. The molecule has 0 unspecified atom stereocenters. The first-order valence-electron chi connectivity index (χ1n) is 10.2. The van der Waals surface area contributed by atoms with E-state index in [9.17, 15) is 26.7 Å². The largest absolute Gasteiger partial charge is 0.441 e. The summed E-state index contributed by atoms with van der Waals surface area (Å²) < 4.78 is 73.6. The Morgan fingerprint density at radius 3 is 2.12 bits per heavy atom. The van der Waals surface area contributed by atoms with Crippen LogP contribution in [-0.2, 0) is 11.3 Å². The van der Waals surface area contributed by atoms with Gasteiger partial charge in [-0.05, 0) is 24.7 Å². The summed E-state index contributed by atoms with van der Waals surface area (Å²) in [7, 11) is 0. The molecule has 1 amide bonds. The van der Waals surface area contributed by atoms with Crippen LogP contribution in [-0.4, -0.2) is 46.2 Å². The van der Waals surface area contributed by atoms with E-state index in [0.717, 1.165) is 11.1 Å². The van der Waals surface area contributed by atoms with Crippen LogP contribution >= 0.6 is 12.2 Å². The average molecular weight is 485 g/mol. The number of piperidine rings is 1. The highest BCUT2D eigenvalue weighted by Gasteiger charge is 2.47. The fourth-order valence-electron chi connectivity index (χ4n) is 4.01. The Bertz CT molecular complexity index is 1080. The van der Waals surface area contributed by atoms with Crippen LogP contribution in [0.25, 0.3) is 0 Å². The topological polar surface area (TPSA) is 44.8 Å². The molecule has 2 heterocycles. The van der Waals surface area contributed by atoms with Crippen molar-refractivity contribution in [1.82, 2.24) is 9.80 Å². The van der Waals surface area contributed by atoms with Crippen LogP contribution in [0.3, 0.4) is 0 Å². The quantitative estimate of drug-likeness (QED) is 0.291. The lowest BCUT2D eigenvalue weighted by atomic mass is 9.91. The van der Waals surface area contributed by atoms with Gasteiger partial charge in [-0.15, -0.1) is 0 Å². The van der Waals surface area contributed by atoms with Crippen molar-refractivity contribution in [2.24, 2.45) is 0 Å². The van der Waals surface area contributed by atoms with E-state index in [-0.39, 0.29) is 18.2 Å². The summed E-state index contributed by atoms with van der Waals surface area (Å²) in [5.41, 5.74) is 0.161. The van der Waals surface area contributed by atoms with Crippen molar-refractivity contribution >= 4 is 29.1 Å². The minimum Gasteiger partial charge on any atom is -0.441 e. The van der Waals surface area contributed by atoms with Gasteiger partial charge in [0.1, 0.15) is 11.3 Å². The molecule has 0 bridgehead atoms. The monoisotopic (exact) mass is 485 g/mol. The Labute approximate surface area is 192 Å². The van der Waals surface area contributed by atoms with Gasteiger partial charge in [0.15, 0.2) is 28.4 Å². The molecule has 2 saturated heterocycles. The number of hydrogen-bond donors (Lipinski definition) is 1. The number of halogens is 5. The van der Waals surface area contributed by atoms with E-state index in [1.54, 1.807) is 4.90 Å². The van der Waals surface area contributed by atoms with Crippen molar-refractivity contribution < 1.29 is 31.5 Å². The maximum absolute atomic E-state index is 13.9. The standard InChI is InChI=1S/C22H20F5N3O2S/c1-12-2-4-13(5-3-12)10-30-11-22(32-21(30)31)6-8-29(9-7-22)20(33)28-19-17(26)15(24)14(23)16(25)18(19)27/h2-5H,6-11H2,1H3,(H,28,33). The van der Waals surface area contributed by atoms with Gasteiger partial charge in [0.25, 0.3) is 0 Å². The van der Waals surface area contributed by atoms with Crippen LogP contribution in [0.1, 0.15) is 24.0 Å². The van der Waals surface area contributed by atoms with Gasteiger partial charge in [-0.1, -0.05) is 29.8 Å². The number of nitrogens with one attached hydrogen (secondary N) is 1. The van der Waals surface area contributed by atoms with Crippen LogP contribution in [0.5, 0.6) is 0 Å². The van der Waals surface area contributed by atoms with Crippen molar-refractivity contribution in [1.29, 1.82) is 0 Å². The smallest absolute Gasteiger partial charge is 0.410 e. The fourth-order valence-corrected chi connectivity index (χ4v) is 4.29. The van der Waals surface area contributed by atoms with Crippen LogP contribution < -0.4 is 5.32 Å². The maximum atomic E-state index is 13.9. The number of nitrogens with zero attached hydrogens (tertiary/aromatic N) is 2. The number of thiocarbonyl (C=S) groups is 1. The second-order valence-corrected chi connectivity index (χ2v) is 8.64. The van der Waals surface area contributed by atoms with Gasteiger partial charge in [0.05, 0.1) is 6.54 Å². The number of aryl methyl sites for hydroxylation is 1. The van der Waals surface area contributed by atoms with Crippen molar-refractivity contribution in [2.75, 3.05) is 25.0 Å². The van der Waals surface area contributed by atoms with Gasteiger partial charge in [-0.3, -0.25) is 4.90 Å². The molecule has 1 N–H and O–H groups in total. The molecule has 176 valence electrons. The molecular formula is C22H20F5N3O2S. The first kappa shape index (κ1) is 23.2. The molecule has 4 rings (SSSR count). The summed E-state index contributed by atoms with van der Waals surface area (Å²) in [6.45, 7) is 3.30. The van der Waals surface area contributed by atoms with Gasteiger partial charge in [-0.25, -0.2) is 26.7 Å². The molecule has 33 heavy (non-hydrogen) atoms. The molecule has 1 spiro atoms. The van der Waals surface area contributed by atoms with Crippen molar-refractivity contribution in [3.05, 3.63) is 64.5 Å². The second-order valence-electron chi connectivity index (χ2n) is 8.25. The van der Waals surface area contributed by atoms with Gasteiger partial charge in [0, 0.05) is 32.5 Å². The van der Waals surface area contributed by atoms with Gasteiger partial charge >= 0.3 is 6.09 Å². The molecule has 2 aliphatic rings. The van der Waals surface area contributed by atoms with E-state index in [0.29, 0.717) is 25.9 Å². The van der Waals surface area contributed by atoms with Crippen LogP contribution in [0.4, 0.5) is 32.4 Å². The van der Waals surface area contributed by atoms with Crippen molar-refractivity contribution in [3.63, 3.8) is 0 Å². The van der Waals surface area contributed by atoms with E-state index in [2.05, 4.69) is 5.32 Å². The number of rotatable bonds is 3. The Kier molecular flexibility index (Phi) is 6.17. The van der Waals surface area contributed by atoms with Crippen molar-refractivity contribution in [3.8, 4) is 0 Å². The van der Waals surface area contributed by atoms with E-state index < -0.39 is 46.5 Å². The fraction of sp³-hybridized carbons (Fsp3) is 0.364. The summed E-state index contributed by atoms with van der Waals surface area (Å²) in [6, 6.07) is 7.81. The minimum absolute atomic E-state index is 0.186. The van der Waals surface area contributed by atoms with E-state index in [1.165, 1.54) is 4.90 Å². The van der Waals surface area contributed by atoms with E-state index >= 15 is 0 Å². The predicted molar refractivity (Wildman–Crippen MR) is 114 cm³/mol. The second kappa shape index (κ2) is 8.77. The zero-order valence-corrected chi connectivity index (χ0v) is 18.4. The number of benzene rings is 2. The number of hydrogen-bond acceptors (Lipinski definition) is 3. The van der Waals surface area contributed by atoms with E-state index in [4.69, 9.17) is 17.0 Å². The molecular weight excluding hydrogens is 465 g/mol. The number of amides is 1. The SMILES string of the molecule is Cc1ccc(CN2CC3(CCN(C(=S)Nc4c(F)c(F)c(F)c(F)c4F)CC3)OC2=O)cc1. The molecule has 2 aromatic carbocycles. The number of anilines is 1. The first-order chi connectivity index (χ1) is 15.6. The molecule has 0 atom stereocenters. The molecule has 2 fully saturated rings. The highest BCUT2D eigenvalue weighted by molar-refractivity contribution is 7.80. The molecule has 0 aliphatic carbocycles. The molecule has 0 aromatic heterocycles. The summed E-state index contributed by atoms with van der Waals surface area (Å²) in [5, 5.41) is 1.95. The summed E-state index contributed by atoms with van der Waals surface area (Å²) in [6.07, 6.45) is 0.357. The molecule has 11 heteroatoms. The first-order valence-corrected chi connectivity index (χ1v) is 10.6. The lowest BCUT2D eigenvalue weighted by Gasteiger charge is -2.38. The molecule has 2 aromatic rings. The average Bonchev–Trinajstić information content (AvgIpc) is 3.10. The third kappa shape index (κ3) is 4.46. The number of carbonyl (C=O) groups is 1. The Balaban J connectivity index is 1.38. The Hall–Kier alpha value is -2.95. The van der Waals surface area contributed by atoms with Gasteiger partial charge in [0.2, 0.25) is 5.82 Å². The Morgan fingerprint density at radius 2 is 1.55 bits per heavy atom. The minimum atomic E-state index is -2.24. The number of likely N-dealkylation sites (tertiary alicyclic amines) is 1. The van der Waals surface area contributed by atoms with Gasteiger partial charge < -0.3 is 15.0 Å². The molecule has 5 nitrogen and oxygen atoms in total. The predicted octanol–water partition coefficient (Wildman–Crippen LogP) is 4.87. The normalized spacial score (nSPS) is 17.5. The summed E-state index contributed by atoms with van der Waals surface area (Å²) >= 11 is 5.13. The van der Waals surface area contributed by atoms with E-state index in [1.807, 2.05) is 31.2 Å². The van der Waals surface area contributed by atoms with Gasteiger partial charge in [-0.2, -0.15) is 0 Å². The highest BCUT2D eigenvalue weighted by atomic mass is 32.1. The number of carbonyl (C=O) groups excluding carboxylic acids is 1. The number of ether oxygens (including phenoxy) is 1. The highest BCUT2D eigenvalue weighted by Crippen LogP contribution is 2.35. The molecule has 0 saturated carbocycles. The lowest BCUT2D eigenvalue weighted by molar-refractivity contribution is 0.0152.